The summed E-state index contributed by atoms with van der Waals surface area (Å²) in [7, 11) is 0. The molecule has 3 nitrogen and oxygen atoms in total. The van der Waals surface area contributed by atoms with Gasteiger partial charge >= 0.3 is 0 Å². The summed E-state index contributed by atoms with van der Waals surface area (Å²) >= 11 is 0. The molecule has 1 heterocycles. The number of nitrogen functional groups attached to an aromatic ring is 1. The second-order valence-electron chi connectivity index (χ2n) is 5.21. The van der Waals surface area contributed by atoms with Crippen molar-refractivity contribution in [3.63, 3.8) is 0 Å². The molecule has 0 amide bonds. The van der Waals surface area contributed by atoms with Crippen LogP contribution >= 0.6 is 0 Å². The molecule has 2 aromatic rings. The Hall–Kier alpha value is -1.77. The first kappa shape index (κ1) is 11.3. The number of aromatic nitrogens is 2. The highest BCUT2D eigenvalue weighted by molar-refractivity contribution is 5.49. The van der Waals surface area contributed by atoms with Gasteiger partial charge in [0.1, 0.15) is 5.82 Å². The van der Waals surface area contributed by atoms with Gasteiger partial charge in [-0.25, -0.2) is 4.68 Å². The maximum atomic E-state index is 6.17. The van der Waals surface area contributed by atoms with Crippen LogP contribution in [0.2, 0.25) is 0 Å². The fourth-order valence-corrected chi connectivity index (χ4v) is 2.49. The molecule has 0 radical (unpaired) electrons. The van der Waals surface area contributed by atoms with E-state index in [0.29, 0.717) is 0 Å². The molecule has 18 heavy (non-hydrogen) atoms. The molecule has 0 unspecified atom stereocenters. The minimum Gasteiger partial charge on any atom is -0.383 e. The van der Waals surface area contributed by atoms with E-state index in [1.54, 1.807) is 0 Å². The van der Waals surface area contributed by atoms with E-state index >= 15 is 0 Å². The minimum absolute atomic E-state index is 0.774. The second-order valence-corrected chi connectivity index (χ2v) is 5.21. The van der Waals surface area contributed by atoms with E-state index in [2.05, 4.69) is 6.92 Å². The lowest BCUT2D eigenvalue weighted by molar-refractivity contribution is 0.311. The Kier molecular flexibility index (Phi) is 2.82. The topological polar surface area (TPSA) is 43.8 Å². The molecule has 1 aromatic carbocycles. The predicted octanol–water partition coefficient (Wildman–Crippen LogP) is 3.11. The van der Waals surface area contributed by atoms with Crippen molar-refractivity contribution >= 4 is 5.82 Å². The molecule has 0 spiro atoms. The summed E-state index contributed by atoms with van der Waals surface area (Å²) in [4.78, 5) is 0. The van der Waals surface area contributed by atoms with Gasteiger partial charge in [-0.15, -0.1) is 0 Å². The highest BCUT2D eigenvalue weighted by Crippen LogP contribution is 2.31. The number of benzene rings is 1. The Balaban J connectivity index is 1.93. The average molecular weight is 241 g/mol. The van der Waals surface area contributed by atoms with E-state index in [1.807, 2.05) is 35.0 Å². The molecule has 3 rings (SSSR count). The molecule has 1 aromatic heterocycles. The van der Waals surface area contributed by atoms with Crippen molar-refractivity contribution in [2.24, 2.45) is 5.92 Å². The third-order valence-corrected chi connectivity index (χ3v) is 3.97. The Bertz CT molecular complexity index is 538. The molecular formula is C15H19N3. The molecule has 0 atom stereocenters. The van der Waals surface area contributed by atoms with Crippen LogP contribution in [-0.4, -0.2) is 9.78 Å². The van der Waals surface area contributed by atoms with Gasteiger partial charge in [0.25, 0.3) is 0 Å². The van der Waals surface area contributed by atoms with Gasteiger partial charge in [0.15, 0.2) is 0 Å². The summed E-state index contributed by atoms with van der Waals surface area (Å²) in [6, 6.07) is 10.1. The van der Waals surface area contributed by atoms with Crippen molar-refractivity contribution in [2.45, 2.75) is 32.6 Å². The summed E-state index contributed by atoms with van der Waals surface area (Å²) in [5, 5.41) is 4.69. The van der Waals surface area contributed by atoms with Crippen molar-refractivity contribution in [1.82, 2.24) is 9.78 Å². The quantitative estimate of drug-likeness (QED) is 0.897. The van der Waals surface area contributed by atoms with Crippen LogP contribution in [0.5, 0.6) is 0 Å². The third kappa shape index (κ3) is 1.90. The fraction of sp³-hybridized carbons (Fsp3) is 0.400. The molecule has 1 aliphatic rings. The van der Waals surface area contributed by atoms with E-state index < -0.39 is 0 Å². The lowest BCUT2D eigenvalue weighted by Gasteiger charge is -2.24. The minimum atomic E-state index is 0.774. The summed E-state index contributed by atoms with van der Waals surface area (Å²) < 4.78 is 1.86. The van der Waals surface area contributed by atoms with Crippen LogP contribution in [0.15, 0.2) is 30.3 Å². The number of nitrogens with zero attached hydrogens (tertiary/aromatic N) is 2. The normalized spacial score (nSPS) is 15.6. The first-order valence-corrected chi connectivity index (χ1v) is 6.65. The molecule has 0 saturated heterocycles. The van der Waals surface area contributed by atoms with Gasteiger partial charge in [0.05, 0.1) is 11.4 Å². The zero-order valence-electron chi connectivity index (χ0n) is 10.8. The number of nitrogens with two attached hydrogens (primary N) is 1. The maximum Gasteiger partial charge on any atom is 0.130 e. The standard InChI is InChI=1S/C15H19N3/c1-11-14(10-12-6-5-7-12)17-18(15(11)16)13-8-3-2-4-9-13/h2-4,8-9,12H,5-7,10,16H2,1H3. The summed E-state index contributed by atoms with van der Waals surface area (Å²) in [6.07, 6.45) is 5.14. The Morgan fingerprint density at radius 1 is 1.28 bits per heavy atom. The Morgan fingerprint density at radius 3 is 2.61 bits per heavy atom. The number of anilines is 1. The SMILES string of the molecule is Cc1c(CC2CCC2)nn(-c2ccccc2)c1N. The lowest BCUT2D eigenvalue weighted by Crippen LogP contribution is -2.14. The summed E-state index contributed by atoms with van der Waals surface area (Å²) in [5.74, 6) is 1.60. The van der Waals surface area contributed by atoms with Gasteiger partial charge < -0.3 is 5.73 Å². The van der Waals surface area contributed by atoms with E-state index in [9.17, 15) is 0 Å². The van der Waals surface area contributed by atoms with Crippen LogP contribution in [0, 0.1) is 12.8 Å². The molecule has 3 heteroatoms. The summed E-state index contributed by atoms with van der Waals surface area (Å²) in [6.45, 7) is 2.08. The first-order valence-electron chi connectivity index (χ1n) is 6.65. The van der Waals surface area contributed by atoms with E-state index in [-0.39, 0.29) is 0 Å². The molecule has 0 bridgehead atoms. The smallest absolute Gasteiger partial charge is 0.130 e. The number of para-hydroxylation sites is 1. The van der Waals surface area contributed by atoms with Crippen molar-refractivity contribution in [2.75, 3.05) is 5.73 Å². The fourth-order valence-electron chi connectivity index (χ4n) is 2.49. The van der Waals surface area contributed by atoms with Crippen LogP contribution in [0.1, 0.15) is 30.5 Å². The van der Waals surface area contributed by atoms with Gasteiger partial charge in [0, 0.05) is 5.56 Å². The van der Waals surface area contributed by atoms with Crippen LogP contribution in [0.3, 0.4) is 0 Å². The highest BCUT2D eigenvalue weighted by atomic mass is 15.3. The molecular weight excluding hydrogens is 222 g/mol. The van der Waals surface area contributed by atoms with Gasteiger partial charge in [-0.3, -0.25) is 0 Å². The van der Waals surface area contributed by atoms with Gasteiger partial charge in [-0.1, -0.05) is 37.5 Å². The lowest BCUT2D eigenvalue weighted by atomic mass is 9.82. The van der Waals surface area contributed by atoms with Crippen LogP contribution in [0.25, 0.3) is 5.69 Å². The van der Waals surface area contributed by atoms with Crippen LogP contribution < -0.4 is 5.73 Å². The van der Waals surface area contributed by atoms with Crippen molar-refractivity contribution in [3.8, 4) is 5.69 Å². The predicted molar refractivity (Wildman–Crippen MR) is 73.8 cm³/mol. The molecule has 1 aliphatic carbocycles. The van der Waals surface area contributed by atoms with Crippen LogP contribution in [0.4, 0.5) is 5.82 Å². The Morgan fingerprint density at radius 2 is 2.00 bits per heavy atom. The van der Waals surface area contributed by atoms with Crippen molar-refractivity contribution in [3.05, 3.63) is 41.6 Å². The van der Waals surface area contributed by atoms with Gasteiger partial charge in [0.2, 0.25) is 0 Å². The number of rotatable bonds is 3. The number of hydrogen-bond donors (Lipinski definition) is 1. The molecule has 0 aliphatic heterocycles. The monoisotopic (exact) mass is 241 g/mol. The van der Waals surface area contributed by atoms with E-state index in [0.717, 1.165) is 29.4 Å². The zero-order valence-corrected chi connectivity index (χ0v) is 10.8. The Labute approximate surface area is 108 Å². The maximum absolute atomic E-state index is 6.17. The van der Waals surface area contributed by atoms with Gasteiger partial charge in [-0.2, -0.15) is 5.10 Å². The van der Waals surface area contributed by atoms with Crippen LogP contribution in [-0.2, 0) is 6.42 Å². The molecule has 2 N–H and O–H groups in total. The van der Waals surface area contributed by atoms with Crippen molar-refractivity contribution in [1.29, 1.82) is 0 Å². The molecule has 1 saturated carbocycles. The van der Waals surface area contributed by atoms with Gasteiger partial charge in [-0.05, 0) is 31.4 Å². The van der Waals surface area contributed by atoms with E-state index in [1.165, 1.54) is 25.0 Å². The summed E-state index contributed by atoms with van der Waals surface area (Å²) in [5.41, 5.74) is 9.52. The second kappa shape index (κ2) is 4.48. The number of hydrogen-bond acceptors (Lipinski definition) is 2. The largest absolute Gasteiger partial charge is 0.383 e. The third-order valence-electron chi connectivity index (χ3n) is 3.97. The zero-order chi connectivity index (χ0) is 12.5. The molecule has 1 fully saturated rings. The van der Waals surface area contributed by atoms with E-state index in [4.69, 9.17) is 10.8 Å². The van der Waals surface area contributed by atoms with Crippen molar-refractivity contribution < 1.29 is 0 Å². The highest BCUT2D eigenvalue weighted by Gasteiger charge is 2.21. The molecule has 94 valence electrons. The average Bonchev–Trinajstić information content (AvgIpc) is 2.63. The first-order chi connectivity index (χ1) is 8.75.